The summed E-state index contributed by atoms with van der Waals surface area (Å²) < 4.78 is 19.1. The van der Waals surface area contributed by atoms with Crippen molar-refractivity contribution in [3.05, 3.63) is 29.6 Å². The second-order valence-corrected chi connectivity index (χ2v) is 4.97. The van der Waals surface area contributed by atoms with Crippen LogP contribution in [0.2, 0.25) is 0 Å². The number of ether oxygens (including phenoxy) is 1. The van der Waals surface area contributed by atoms with Crippen molar-refractivity contribution in [1.29, 1.82) is 5.41 Å². The maximum absolute atomic E-state index is 13.2. The van der Waals surface area contributed by atoms with Gasteiger partial charge < -0.3 is 10.5 Å². The van der Waals surface area contributed by atoms with Crippen molar-refractivity contribution in [1.82, 2.24) is 0 Å². The van der Waals surface area contributed by atoms with E-state index in [4.69, 9.17) is 15.9 Å². The van der Waals surface area contributed by atoms with Crippen LogP contribution in [0.3, 0.4) is 0 Å². The van der Waals surface area contributed by atoms with Crippen LogP contribution in [0, 0.1) is 17.1 Å². The van der Waals surface area contributed by atoms with Gasteiger partial charge in [0.25, 0.3) is 0 Å². The van der Waals surface area contributed by atoms with Gasteiger partial charge in [-0.15, -0.1) is 0 Å². The molecule has 1 aromatic rings. The summed E-state index contributed by atoms with van der Waals surface area (Å²) in [6, 6.07) is 4.16. The third-order valence-corrected chi connectivity index (χ3v) is 3.54. The second-order valence-electron chi connectivity index (χ2n) is 4.97. The Morgan fingerprint density at radius 3 is 2.78 bits per heavy atom. The number of nitrogens with one attached hydrogen (secondary N) is 1. The molecule has 0 radical (unpaired) electrons. The fourth-order valence-corrected chi connectivity index (χ4v) is 2.44. The molecule has 4 heteroatoms. The van der Waals surface area contributed by atoms with Gasteiger partial charge in [-0.25, -0.2) is 4.39 Å². The highest BCUT2D eigenvalue weighted by atomic mass is 19.1. The van der Waals surface area contributed by atoms with E-state index in [0.29, 0.717) is 17.2 Å². The van der Waals surface area contributed by atoms with Gasteiger partial charge in [0, 0.05) is 0 Å². The molecule has 1 fully saturated rings. The first-order valence-corrected chi connectivity index (χ1v) is 6.38. The van der Waals surface area contributed by atoms with Crippen LogP contribution in [0.15, 0.2) is 18.2 Å². The van der Waals surface area contributed by atoms with Crippen LogP contribution in [0.25, 0.3) is 0 Å². The number of amidine groups is 1. The van der Waals surface area contributed by atoms with Gasteiger partial charge in [0.05, 0.1) is 5.56 Å². The molecule has 3 N–H and O–H groups in total. The molecular formula is C14H19FN2O. The summed E-state index contributed by atoms with van der Waals surface area (Å²) in [4.78, 5) is 0. The number of nitrogens with two attached hydrogens (primary N) is 1. The van der Waals surface area contributed by atoms with Crippen LogP contribution in [0.5, 0.6) is 5.75 Å². The van der Waals surface area contributed by atoms with Crippen molar-refractivity contribution < 1.29 is 9.13 Å². The molecule has 98 valence electrons. The standard InChI is InChI=1S/C14H19FN2O/c1-9-4-2-3-5-12(9)18-13-7-6-10(15)8-11(13)14(16)17/h6-9,12H,2-5H2,1H3,(H3,16,17). The van der Waals surface area contributed by atoms with Gasteiger partial charge in [-0.3, -0.25) is 5.41 Å². The van der Waals surface area contributed by atoms with Crippen LogP contribution in [-0.2, 0) is 0 Å². The van der Waals surface area contributed by atoms with Gasteiger partial charge >= 0.3 is 0 Å². The molecule has 0 amide bonds. The average Bonchev–Trinajstić information content (AvgIpc) is 2.34. The first-order valence-electron chi connectivity index (χ1n) is 6.38. The normalized spacial score (nSPS) is 23.7. The zero-order valence-corrected chi connectivity index (χ0v) is 10.6. The Bertz CT molecular complexity index is 447. The number of halogens is 1. The first kappa shape index (κ1) is 12.9. The summed E-state index contributed by atoms with van der Waals surface area (Å²) in [5.74, 6) is 0.448. The van der Waals surface area contributed by atoms with Crippen molar-refractivity contribution in [2.45, 2.75) is 38.7 Å². The van der Waals surface area contributed by atoms with Crippen LogP contribution < -0.4 is 10.5 Å². The van der Waals surface area contributed by atoms with Crippen molar-refractivity contribution in [2.24, 2.45) is 11.7 Å². The maximum atomic E-state index is 13.2. The molecule has 18 heavy (non-hydrogen) atoms. The molecule has 0 heterocycles. The van der Waals surface area contributed by atoms with Gasteiger partial charge in [0.15, 0.2) is 0 Å². The van der Waals surface area contributed by atoms with Crippen molar-refractivity contribution in [3.63, 3.8) is 0 Å². The Hall–Kier alpha value is -1.58. The summed E-state index contributed by atoms with van der Waals surface area (Å²) in [6.07, 6.45) is 4.70. The van der Waals surface area contributed by atoms with Crippen LogP contribution >= 0.6 is 0 Å². The molecule has 0 aliphatic heterocycles. The molecule has 0 spiro atoms. The Labute approximate surface area is 107 Å². The van der Waals surface area contributed by atoms with E-state index in [2.05, 4.69) is 6.92 Å². The molecule has 1 saturated carbocycles. The number of hydrogen-bond acceptors (Lipinski definition) is 2. The Balaban J connectivity index is 2.20. The third-order valence-electron chi connectivity index (χ3n) is 3.54. The van der Waals surface area contributed by atoms with Crippen molar-refractivity contribution in [2.75, 3.05) is 0 Å². The second kappa shape index (κ2) is 5.38. The molecule has 2 atom stereocenters. The predicted molar refractivity (Wildman–Crippen MR) is 69.5 cm³/mol. The smallest absolute Gasteiger partial charge is 0.130 e. The summed E-state index contributed by atoms with van der Waals surface area (Å²) in [6.45, 7) is 2.17. The van der Waals surface area contributed by atoms with Crippen molar-refractivity contribution in [3.8, 4) is 5.75 Å². The highest BCUT2D eigenvalue weighted by Gasteiger charge is 2.24. The lowest BCUT2D eigenvalue weighted by molar-refractivity contribution is 0.102. The molecule has 1 aromatic carbocycles. The van der Waals surface area contributed by atoms with Gasteiger partial charge in [-0.05, 0) is 43.4 Å². The van der Waals surface area contributed by atoms with E-state index in [0.717, 1.165) is 19.3 Å². The van der Waals surface area contributed by atoms with Crippen LogP contribution in [0.1, 0.15) is 38.2 Å². The zero-order valence-electron chi connectivity index (χ0n) is 10.6. The van der Waals surface area contributed by atoms with E-state index in [1.807, 2.05) is 0 Å². The lowest BCUT2D eigenvalue weighted by Crippen LogP contribution is -2.29. The molecule has 0 aromatic heterocycles. The molecule has 2 unspecified atom stereocenters. The first-order chi connectivity index (χ1) is 8.58. The molecule has 0 saturated heterocycles. The van der Waals surface area contributed by atoms with Crippen LogP contribution in [0.4, 0.5) is 4.39 Å². The van der Waals surface area contributed by atoms with E-state index in [1.54, 1.807) is 6.07 Å². The minimum Gasteiger partial charge on any atom is -0.489 e. The predicted octanol–water partition coefficient (Wildman–Crippen LogP) is 3.07. The number of nitrogen functional groups attached to an aromatic ring is 1. The molecule has 0 bridgehead atoms. The molecule has 1 aliphatic rings. The van der Waals surface area contributed by atoms with E-state index >= 15 is 0 Å². The van der Waals surface area contributed by atoms with E-state index in [9.17, 15) is 4.39 Å². The SMILES string of the molecule is CC1CCCCC1Oc1ccc(F)cc1C(=N)N. The van der Waals surface area contributed by atoms with Gasteiger partial charge in [-0.1, -0.05) is 13.3 Å². The van der Waals surface area contributed by atoms with Gasteiger partial charge in [0.2, 0.25) is 0 Å². The molecule has 1 aliphatic carbocycles. The lowest BCUT2D eigenvalue weighted by Gasteiger charge is -2.30. The van der Waals surface area contributed by atoms with E-state index in [1.165, 1.54) is 18.6 Å². The Morgan fingerprint density at radius 2 is 2.11 bits per heavy atom. The summed E-state index contributed by atoms with van der Waals surface area (Å²) in [5, 5.41) is 7.47. The van der Waals surface area contributed by atoms with Gasteiger partial charge in [-0.2, -0.15) is 0 Å². The zero-order chi connectivity index (χ0) is 13.1. The minimum atomic E-state index is -0.399. The number of benzene rings is 1. The monoisotopic (exact) mass is 250 g/mol. The van der Waals surface area contributed by atoms with Crippen LogP contribution in [-0.4, -0.2) is 11.9 Å². The number of hydrogen-bond donors (Lipinski definition) is 2. The summed E-state index contributed by atoms with van der Waals surface area (Å²) in [7, 11) is 0. The molecular weight excluding hydrogens is 231 g/mol. The fourth-order valence-electron chi connectivity index (χ4n) is 2.44. The number of rotatable bonds is 3. The average molecular weight is 250 g/mol. The summed E-state index contributed by atoms with van der Waals surface area (Å²) >= 11 is 0. The third kappa shape index (κ3) is 2.81. The van der Waals surface area contributed by atoms with Crippen molar-refractivity contribution >= 4 is 5.84 Å². The highest BCUT2D eigenvalue weighted by molar-refractivity contribution is 5.97. The van der Waals surface area contributed by atoms with E-state index < -0.39 is 5.82 Å². The topological polar surface area (TPSA) is 59.1 Å². The Kier molecular flexibility index (Phi) is 3.84. The quantitative estimate of drug-likeness (QED) is 0.639. The molecule has 3 nitrogen and oxygen atoms in total. The Morgan fingerprint density at radius 1 is 1.39 bits per heavy atom. The summed E-state index contributed by atoms with van der Waals surface area (Å²) in [5.41, 5.74) is 5.80. The largest absolute Gasteiger partial charge is 0.489 e. The molecule has 2 rings (SSSR count). The van der Waals surface area contributed by atoms with Gasteiger partial charge in [0.1, 0.15) is 23.5 Å². The lowest BCUT2D eigenvalue weighted by atomic mass is 9.88. The minimum absolute atomic E-state index is 0.141. The fraction of sp³-hybridized carbons (Fsp3) is 0.500. The maximum Gasteiger partial charge on any atom is 0.130 e. The van der Waals surface area contributed by atoms with E-state index in [-0.39, 0.29) is 11.9 Å². The highest BCUT2D eigenvalue weighted by Crippen LogP contribution is 2.29.